The van der Waals surface area contributed by atoms with Gasteiger partial charge in [0, 0.05) is 24.4 Å². The van der Waals surface area contributed by atoms with Crippen molar-refractivity contribution in [3.63, 3.8) is 0 Å². The van der Waals surface area contributed by atoms with E-state index in [-0.39, 0.29) is 17.6 Å². The van der Waals surface area contributed by atoms with Crippen LogP contribution in [0, 0.1) is 0 Å². The second-order valence-electron chi connectivity index (χ2n) is 7.14. The summed E-state index contributed by atoms with van der Waals surface area (Å²) in [6.07, 6.45) is 4.60. The van der Waals surface area contributed by atoms with Gasteiger partial charge in [0.25, 0.3) is 5.91 Å². The minimum absolute atomic E-state index is 0.111. The molecular formula is C21H23N5O3. The van der Waals surface area contributed by atoms with Gasteiger partial charge in [-0.3, -0.25) is 14.2 Å². The molecule has 1 aromatic carbocycles. The lowest BCUT2D eigenvalue weighted by molar-refractivity contribution is 0.0593. The van der Waals surface area contributed by atoms with Gasteiger partial charge in [0.05, 0.1) is 25.9 Å². The molecule has 1 amide bonds. The van der Waals surface area contributed by atoms with Gasteiger partial charge in [-0.25, -0.2) is 4.79 Å². The Morgan fingerprint density at radius 2 is 2.07 bits per heavy atom. The molecule has 1 aliphatic rings. The zero-order valence-electron chi connectivity index (χ0n) is 16.5. The molecule has 0 spiro atoms. The first kappa shape index (κ1) is 18.9. The summed E-state index contributed by atoms with van der Waals surface area (Å²) in [5.41, 5.74) is 3.82. The predicted octanol–water partition coefficient (Wildman–Crippen LogP) is 2.26. The molecule has 4 rings (SSSR count). The van der Waals surface area contributed by atoms with E-state index in [0.717, 1.165) is 30.5 Å². The minimum Gasteiger partial charge on any atom is -0.464 e. The fraction of sp³-hybridized carbons (Fsp3) is 0.333. The number of aryl methyl sites for hydroxylation is 1. The van der Waals surface area contributed by atoms with Crippen LogP contribution in [0.25, 0.3) is 0 Å². The molecule has 1 aliphatic carbocycles. The van der Waals surface area contributed by atoms with E-state index in [1.807, 2.05) is 29.1 Å². The van der Waals surface area contributed by atoms with Gasteiger partial charge in [-0.1, -0.05) is 30.3 Å². The second kappa shape index (κ2) is 7.90. The molecule has 29 heavy (non-hydrogen) atoms. The molecule has 150 valence electrons. The molecule has 1 atom stereocenters. The predicted molar refractivity (Wildman–Crippen MR) is 105 cm³/mol. The van der Waals surface area contributed by atoms with Gasteiger partial charge in [0.1, 0.15) is 5.69 Å². The summed E-state index contributed by atoms with van der Waals surface area (Å²) in [6.45, 7) is 0.709. The number of fused-ring (bicyclic) bond motifs is 1. The molecule has 0 saturated carbocycles. The summed E-state index contributed by atoms with van der Waals surface area (Å²) in [5, 5.41) is 11.7. The molecule has 8 nitrogen and oxygen atoms in total. The normalized spacial score (nSPS) is 15.6. The van der Waals surface area contributed by atoms with Gasteiger partial charge in [0.2, 0.25) is 0 Å². The van der Waals surface area contributed by atoms with E-state index in [0.29, 0.717) is 12.2 Å². The van der Waals surface area contributed by atoms with Crippen LogP contribution in [-0.2, 0) is 24.8 Å². The number of hydrogen-bond acceptors (Lipinski definition) is 5. The highest BCUT2D eigenvalue weighted by Gasteiger charge is 2.27. The van der Waals surface area contributed by atoms with Gasteiger partial charge >= 0.3 is 5.97 Å². The fourth-order valence-electron chi connectivity index (χ4n) is 3.78. The highest BCUT2D eigenvalue weighted by Crippen LogP contribution is 2.30. The minimum atomic E-state index is -0.568. The van der Waals surface area contributed by atoms with Crippen molar-refractivity contribution in [2.75, 3.05) is 7.11 Å². The summed E-state index contributed by atoms with van der Waals surface area (Å²) in [5.74, 6) is -0.842. The highest BCUT2D eigenvalue weighted by molar-refractivity contribution is 5.96. The van der Waals surface area contributed by atoms with E-state index >= 15 is 0 Å². The lowest BCUT2D eigenvalue weighted by atomic mass is 9.92. The molecule has 0 bridgehead atoms. The first-order valence-corrected chi connectivity index (χ1v) is 9.58. The van der Waals surface area contributed by atoms with Crippen molar-refractivity contribution < 1.29 is 14.3 Å². The number of rotatable bonds is 5. The molecule has 0 aliphatic heterocycles. The lowest BCUT2D eigenvalue weighted by Gasteiger charge is -2.24. The summed E-state index contributed by atoms with van der Waals surface area (Å²) in [7, 11) is 2.92. The Labute approximate surface area is 168 Å². The molecule has 2 aromatic heterocycles. The van der Waals surface area contributed by atoms with Gasteiger partial charge in [-0.05, 0) is 24.8 Å². The van der Waals surface area contributed by atoms with E-state index in [1.165, 1.54) is 23.4 Å². The number of amides is 1. The van der Waals surface area contributed by atoms with E-state index in [1.54, 1.807) is 7.05 Å². The van der Waals surface area contributed by atoms with Crippen LogP contribution in [0.3, 0.4) is 0 Å². The van der Waals surface area contributed by atoms with Crippen molar-refractivity contribution in [3.8, 4) is 0 Å². The number of ether oxygens (including phenoxy) is 1. The van der Waals surface area contributed by atoms with Crippen LogP contribution in [0.2, 0.25) is 0 Å². The highest BCUT2D eigenvalue weighted by atomic mass is 16.5. The van der Waals surface area contributed by atoms with Crippen LogP contribution in [0.5, 0.6) is 0 Å². The molecule has 0 saturated heterocycles. The number of carbonyl (C=O) groups excluding carboxylic acids is 2. The van der Waals surface area contributed by atoms with E-state index in [2.05, 4.69) is 32.4 Å². The maximum atomic E-state index is 12.8. The monoisotopic (exact) mass is 393 g/mol. The van der Waals surface area contributed by atoms with Gasteiger partial charge in [-0.15, -0.1) is 0 Å². The average molecular weight is 393 g/mol. The Balaban J connectivity index is 1.52. The zero-order chi connectivity index (χ0) is 20.4. The van der Waals surface area contributed by atoms with E-state index in [4.69, 9.17) is 0 Å². The Morgan fingerprint density at radius 3 is 2.83 bits per heavy atom. The number of methoxy groups -OCH3 is 1. The first-order chi connectivity index (χ1) is 14.1. The van der Waals surface area contributed by atoms with Crippen LogP contribution in [0.4, 0.5) is 0 Å². The third-order valence-electron chi connectivity index (χ3n) is 5.25. The maximum absolute atomic E-state index is 12.8. The Kier molecular flexibility index (Phi) is 5.16. The summed E-state index contributed by atoms with van der Waals surface area (Å²) in [4.78, 5) is 24.5. The Morgan fingerprint density at radius 1 is 1.28 bits per heavy atom. The fourth-order valence-corrected chi connectivity index (χ4v) is 3.78. The van der Waals surface area contributed by atoms with E-state index in [9.17, 15) is 9.59 Å². The van der Waals surface area contributed by atoms with Crippen LogP contribution in [-0.4, -0.2) is 38.5 Å². The molecule has 1 N–H and O–H groups in total. The second-order valence-corrected chi connectivity index (χ2v) is 7.14. The van der Waals surface area contributed by atoms with Gasteiger partial charge in [-0.2, -0.15) is 10.2 Å². The maximum Gasteiger partial charge on any atom is 0.358 e. The first-order valence-electron chi connectivity index (χ1n) is 9.58. The largest absolute Gasteiger partial charge is 0.464 e. The standard InChI is InChI=1S/C21H23N5O3/c1-25-19(11-17(24-25)21(28)29-2)20(27)23-16-9-6-10-18-15(16)12-22-26(18)13-14-7-4-3-5-8-14/h3-5,7-8,11-12,16H,6,9-10,13H2,1-2H3,(H,23,27). The quantitative estimate of drug-likeness (QED) is 0.672. The van der Waals surface area contributed by atoms with Crippen molar-refractivity contribution in [2.45, 2.75) is 31.8 Å². The van der Waals surface area contributed by atoms with Crippen molar-refractivity contribution in [1.82, 2.24) is 24.9 Å². The molecule has 1 unspecified atom stereocenters. The van der Waals surface area contributed by atoms with Gasteiger partial charge in [0.15, 0.2) is 5.69 Å². The molecule has 0 fully saturated rings. The molecule has 8 heteroatoms. The number of esters is 1. The summed E-state index contributed by atoms with van der Waals surface area (Å²) < 4.78 is 8.08. The third kappa shape index (κ3) is 3.78. The van der Waals surface area contributed by atoms with Crippen molar-refractivity contribution in [1.29, 1.82) is 0 Å². The number of benzene rings is 1. The third-order valence-corrected chi connectivity index (χ3v) is 5.25. The zero-order valence-corrected chi connectivity index (χ0v) is 16.5. The van der Waals surface area contributed by atoms with Gasteiger partial charge < -0.3 is 10.1 Å². The summed E-state index contributed by atoms with van der Waals surface area (Å²) in [6, 6.07) is 11.5. The SMILES string of the molecule is COC(=O)c1cc(C(=O)NC2CCCc3c2cnn3Cc2ccccc2)n(C)n1. The average Bonchev–Trinajstić information content (AvgIpc) is 3.33. The van der Waals surface area contributed by atoms with E-state index < -0.39 is 5.97 Å². The van der Waals surface area contributed by atoms with Crippen LogP contribution < -0.4 is 5.32 Å². The Bertz CT molecular complexity index is 1040. The number of nitrogens with one attached hydrogen (secondary N) is 1. The Hall–Kier alpha value is -3.42. The summed E-state index contributed by atoms with van der Waals surface area (Å²) >= 11 is 0. The van der Waals surface area contributed by atoms with Crippen LogP contribution in [0.1, 0.15) is 56.7 Å². The molecular weight excluding hydrogens is 370 g/mol. The van der Waals surface area contributed by atoms with Crippen LogP contribution in [0.15, 0.2) is 42.6 Å². The number of aromatic nitrogens is 4. The lowest BCUT2D eigenvalue weighted by Crippen LogP contribution is -2.32. The number of nitrogens with zero attached hydrogens (tertiary/aromatic N) is 4. The molecule has 2 heterocycles. The van der Waals surface area contributed by atoms with Crippen molar-refractivity contribution >= 4 is 11.9 Å². The smallest absolute Gasteiger partial charge is 0.358 e. The topological polar surface area (TPSA) is 91.0 Å². The molecule has 0 radical (unpaired) electrons. The van der Waals surface area contributed by atoms with Crippen molar-refractivity contribution in [2.24, 2.45) is 7.05 Å². The molecule has 3 aromatic rings. The number of carbonyl (C=O) groups is 2. The van der Waals surface area contributed by atoms with Crippen LogP contribution >= 0.6 is 0 Å². The van der Waals surface area contributed by atoms with Crippen molar-refractivity contribution in [3.05, 3.63) is 70.8 Å². The number of hydrogen-bond donors (Lipinski definition) is 1.